The molecule has 1 aliphatic rings. The minimum Gasteiger partial charge on any atom is -0.352 e. The molecule has 1 heterocycles. The van der Waals surface area contributed by atoms with Crippen LogP contribution in [0.25, 0.3) is 0 Å². The number of hydrogen-bond acceptors (Lipinski definition) is 2. The van der Waals surface area contributed by atoms with Gasteiger partial charge in [0.15, 0.2) is 0 Å². The summed E-state index contributed by atoms with van der Waals surface area (Å²) in [5.41, 5.74) is -1.11. The van der Waals surface area contributed by atoms with Gasteiger partial charge >= 0.3 is 12.4 Å². The van der Waals surface area contributed by atoms with E-state index in [1.165, 1.54) is 29.2 Å². The van der Waals surface area contributed by atoms with Gasteiger partial charge in [-0.3, -0.25) is 9.59 Å². The molecule has 0 bridgehead atoms. The maximum atomic E-state index is 12.8. The predicted molar refractivity (Wildman–Crippen MR) is 98.3 cm³/mol. The average Bonchev–Trinajstić information content (AvgIpc) is 3.06. The summed E-state index contributed by atoms with van der Waals surface area (Å²) in [6.45, 7) is -0.190. The molecule has 2 amide bonds. The van der Waals surface area contributed by atoms with Crippen molar-refractivity contribution in [1.82, 2.24) is 10.2 Å². The second kappa shape index (κ2) is 8.60. The van der Waals surface area contributed by atoms with Crippen LogP contribution in [-0.2, 0) is 35.0 Å². The Balaban J connectivity index is 1.58. The fraction of sp³-hybridized carbons (Fsp3) is 0.333. The number of carbonyl (C=O) groups excluding carboxylic acids is 2. The molecule has 0 saturated carbocycles. The second-order valence-electron chi connectivity index (χ2n) is 7.29. The van der Waals surface area contributed by atoms with Gasteiger partial charge in [0.25, 0.3) is 0 Å². The normalized spacial score (nSPS) is 17.2. The van der Waals surface area contributed by atoms with Gasteiger partial charge in [-0.1, -0.05) is 24.3 Å². The largest absolute Gasteiger partial charge is 0.416 e. The van der Waals surface area contributed by atoms with Crippen molar-refractivity contribution in [3.63, 3.8) is 0 Å². The van der Waals surface area contributed by atoms with Gasteiger partial charge < -0.3 is 10.2 Å². The Labute approximate surface area is 173 Å². The summed E-state index contributed by atoms with van der Waals surface area (Å²) in [4.78, 5) is 25.9. The van der Waals surface area contributed by atoms with Gasteiger partial charge in [0.05, 0.1) is 17.0 Å². The van der Waals surface area contributed by atoms with Crippen LogP contribution in [0.3, 0.4) is 0 Å². The van der Waals surface area contributed by atoms with Gasteiger partial charge in [0, 0.05) is 26.1 Å². The number of halogens is 6. The maximum absolute atomic E-state index is 12.8. The van der Waals surface area contributed by atoms with Crippen molar-refractivity contribution in [3.8, 4) is 0 Å². The molecule has 0 aromatic heterocycles. The quantitative estimate of drug-likeness (QED) is 0.696. The molecule has 4 nitrogen and oxygen atoms in total. The molecule has 0 radical (unpaired) electrons. The molecule has 1 unspecified atom stereocenters. The number of nitrogens with zero attached hydrogens (tertiary/aromatic N) is 1. The lowest BCUT2D eigenvalue weighted by Crippen LogP contribution is -2.32. The summed E-state index contributed by atoms with van der Waals surface area (Å²) >= 11 is 0. The van der Waals surface area contributed by atoms with E-state index in [-0.39, 0.29) is 43.1 Å². The fourth-order valence-corrected chi connectivity index (χ4v) is 3.36. The van der Waals surface area contributed by atoms with Crippen LogP contribution in [0.1, 0.15) is 28.7 Å². The van der Waals surface area contributed by atoms with Crippen LogP contribution >= 0.6 is 0 Å². The predicted octanol–water partition coefficient (Wildman–Crippen LogP) is 4.39. The summed E-state index contributed by atoms with van der Waals surface area (Å²) < 4.78 is 76.9. The summed E-state index contributed by atoms with van der Waals surface area (Å²) in [5, 5.41) is 2.52. The van der Waals surface area contributed by atoms with Gasteiger partial charge in [-0.2, -0.15) is 26.3 Å². The van der Waals surface area contributed by atoms with E-state index in [4.69, 9.17) is 0 Å². The smallest absolute Gasteiger partial charge is 0.352 e. The molecule has 2 aromatic rings. The minimum absolute atomic E-state index is 0.0174. The van der Waals surface area contributed by atoms with Crippen LogP contribution < -0.4 is 5.32 Å². The van der Waals surface area contributed by atoms with E-state index < -0.39 is 35.3 Å². The van der Waals surface area contributed by atoms with E-state index in [0.29, 0.717) is 0 Å². The number of likely N-dealkylation sites (tertiary alicyclic amines) is 1. The van der Waals surface area contributed by atoms with Crippen molar-refractivity contribution >= 4 is 11.8 Å². The van der Waals surface area contributed by atoms with E-state index in [1.54, 1.807) is 0 Å². The third-order valence-corrected chi connectivity index (χ3v) is 4.93. The molecule has 1 saturated heterocycles. The Kier molecular flexibility index (Phi) is 6.28. The topological polar surface area (TPSA) is 49.4 Å². The molecule has 166 valence electrons. The minimum atomic E-state index is -4.50. The van der Waals surface area contributed by atoms with Gasteiger partial charge in [-0.25, -0.2) is 0 Å². The molecule has 1 fully saturated rings. The van der Waals surface area contributed by atoms with Crippen LogP contribution in [-0.4, -0.2) is 23.3 Å². The Bertz CT molecular complexity index is 971. The Morgan fingerprint density at radius 1 is 0.935 bits per heavy atom. The standard InChI is InChI=1S/C21H18F6N2O2/c22-20(23,24)16-5-1-3-13(7-16)10-28-19(31)15-9-18(30)29(12-15)11-14-4-2-6-17(8-14)21(25,26)27/h1-8,15H,9-12H2,(H,28,31). The molecule has 1 N–H and O–H groups in total. The van der Waals surface area contributed by atoms with E-state index in [0.717, 1.165) is 24.3 Å². The van der Waals surface area contributed by atoms with E-state index in [9.17, 15) is 35.9 Å². The van der Waals surface area contributed by atoms with E-state index in [2.05, 4.69) is 5.32 Å². The molecule has 3 rings (SSSR count). The summed E-state index contributed by atoms with van der Waals surface area (Å²) in [6.07, 6.45) is -9.12. The molecule has 31 heavy (non-hydrogen) atoms. The van der Waals surface area contributed by atoms with Crippen LogP contribution in [0.5, 0.6) is 0 Å². The zero-order valence-electron chi connectivity index (χ0n) is 16.1. The first kappa shape index (κ1) is 22.6. The van der Waals surface area contributed by atoms with Crippen molar-refractivity contribution < 1.29 is 35.9 Å². The summed E-state index contributed by atoms with van der Waals surface area (Å²) in [5.74, 6) is -1.61. The Hall–Kier alpha value is -3.04. The monoisotopic (exact) mass is 444 g/mol. The molecule has 1 atom stereocenters. The average molecular weight is 444 g/mol. The zero-order chi connectivity index (χ0) is 22.8. The van der Waals surface area contributed by atoms with Crippen LogP contribution in [0, 0.1) is 5.92 Å². The number of rotatable bonds is 5. The number of nitrogens with one attached hydrogen (secondary N) is 1. The van der Waals surface area contributed by atoms with Gasteiger partial charge in [0.1, 0.15) is 0 Å². The first-order valence-electron chi connectivity index (χ1n) is 9.31. The third kappa shape index (κ3) is 5.77. The van der Waals surface area contributed by atoms with E-state index in [1.807, 2.05) is 0 Å². The number of carbonyl (C=O) groups is 2. The summed E-state index contributed by atoms with van der Waals surface area (Å²) in [7, 11) is 0. The third-order valence-electron chi connectivity index (χ3n) is 4.93. The molecule has 1 aliphatic heterocycles. The molecule has 10 heteroatoms. The number of hydrogen-bond donors (Lipinski definition) is 1. The van der Waals surface area contributed by atoms with Crippen LogP contribution in [0.15, 0.2) is 48.5 Å². The summed E-state index contributed by atoms with van der Waals surface area (Å²) in [6, 6.07) is 9.12. The highest BCUT2D eigenvalue weighted by Crippen LogP contribution is 2.31. The van der Waals surface area contributed by atoms with Crippen molar-refractivity contribution in [3.05, 3.63) is 70.8 Å². The second-order valence-corrected chi connectivity index (χ2v) is 7.29. The highest BCUT2D eigenvalue weighted by Gasteiger charge is 2.35. The lowest BCUT2D eigenvalue weighted by Gasteiger charge is -2.18. The SMILES string of the molecule is O=C(NCc1cccc(C(F)(F)F)c1)C1CC(=O)N(Cc2cccc(C(F)(F)F)c2)C1. The molecule has 2 aromatic carbocycles. The van der Waals surface area contributed by atoms with E-state index >= 15 is 0 Å². The Morgan fingerprint density at radius 2 is 1.48 bits per heavy atom. The first-order valence-corrected chi connectivity index (χ1v) is 9.31. The van der Waals surface area contributed by atoms with Crippen molar-refractivity contribution in [2.24, 2.45) is 5.92 Å². The number of benzene rings is 2. The van der Waals surface area contributed by atoms with Crippen molar-refractivity contribution in [1.29, 1.82) is 0 Å². The first-order chi connectivity index (χ1) is 14.4. The fourth-order valence-electron chi connectivity index (χ4n) is 3.36. The highest BCUT2D eigenvalue weighted by atomic mass is 19.4. The van der Waals surface area contributed by atoms with Gasteiger partial charge in [-0.05, 0) is 35.4 Å². The van der Waals surface area contributed by atoms with Crippen molar-refractivity contribution in [2.45, 2.75) is 31.9 Å². The molecule has 0 aliphatic carbocycles. The van der Waals surface area contributed by atoms with Crippen molar-refractivity contribution in [2.75, 3.05) is 6.54 Å². The zero-order valence-corrected chi connectivity index (χ0v) is 16.1. The maximum Gasteiger partial charge on any atom is 0.416 e. The molecule has 0 spiro atoms. The number of amides is 2. The highest BCUT2D eigenvalue weighted by molar-refractivity contribution is 5.89. The van der Waals surface area contributed by atoms with Crippen LogP contribution in [0.2, 0.25) is 0 Å². The lowest BCUT2D eigenvalue weighted by molar-refractivity contribution is -0.138. The van der Waals surface area contributed by atoms with Gasteiger partial charge in [0.2, 0.25) is 11.8 Å². The molecular formula is C21H18F6N2O2. The lowest BCUT2D eigenvalue weighted by atomic mass is 10.1. The number of alkyl halides is 6. The Morgan fingerprint density at radius 3 is 2.06 bits per heavy atom. The molecular weight excluding hydrogens is 426 g/mol. The van der Waals surface area contributed by atoms with Crippen LogP contribution in [0.4, 0.5) is 26.3 Å². The van der Waals surface area contributed by atoms with Gasteiger partial charge in [-0.15, -0.1) is 0 Å².